The smallest absolute Gasteiger partial charge is 0.410 e. The predicted molar refractivity (Wildman–Crippen MR) is 207 cm³/mol. The molecule has 10 heteroatoms. The van der Waals surface area contributed by atoms with Crippen molar-refractivity contribution >= 4 is 6.09 Å². The first kappa shape index (κ1) is 43.3. The maximum Gasteiger partial charge on any atom is 0.410 e. The van der Waals surface area contributed by atoms with Crippen LogP contribution in [0.2, 0.25) is 0 Å². The number of fused-ring (bicyclic) bond motifs is 2. The van der Waals surface area contributed by atoms with Crippen molar-refractivity contribution in [3.8, 4) is 18.9 Å². The van der Waals surface area contributed by atoms with Crippen molar-refractivity contribution in [2.24, 2.45) is 51.2 Å². The van der Waals surface area contributed by atoms with Crippen LogP contribution >= 0.6 is 0 Å². The summed E-state index contributed by atoms with van der Waals surface area (Å²) in [5, 5.41) is 29.7. The van der Waals surface area contributed by atoms with Gasteiger partial charge in [-0.25, -0.2) is 14.8 Å². The normalized spacial score (nSPS) is 37.4. The van der Waals surface area contributed by atoms with Crippen molar-refractivity contribution < 1.29 is 34.3 Å². The van der Waals surface area contributed by atoms with Gasteiger partial charge in [0.05, 0.1) is 24.9 Å². The van der Waals surface area contributed by atoms with E-state index < -0.39 is 11.7 Å². The van der Waals surface area contributed by atoms with E-state index in [1.165, 1.54) is 32.1 Å². The van der Waals surface area contributed by atoms with Gasteiger partial charge in [0.2, 0.25) is 0 Å². The van der Waals surface area contributed by atoms with E-state index in [1.54, 1.807) is 32.3 Å². The molecule has 1 saturated heterocycles. The second-order valence-electron chi connectivity index (χ2n) is 17.8. The Bertz CT molecular complexity index is 1350. The highest BCUT2D eigenvalue weighted by Crippen LogP contribution is 2.87. The molecule has 11 atom stereocenters. The van der Waals surface area contributed by atoms with Gasteiger partial charge in [-0.3, -0.25) is 0 Å². The molecule has 6 aliphatic rings. The van der Waals surface area contributed by atoms with Gasteiger partial charge in [0.1, 0.15) is 12.2 Å². The SMILES string of the molecule is C#C.CC.CO.C[C@H](CC[C@H](Oc1ncccn1)C(C)(C)O)C1[C@H](O)CC2[C@@H]3CCC4C(C)(C)[C@@H](OC(=O)N5CCOCC5)CC[C@@]45C[C@@]35CC[C@]12C. The van der Waals surface area contributed by atoms with Crippen LogP contribution in [0, 0.1) is 64.1 Å². The standard InChI is InChI=1S/C38H59N3O6.C2H6.C2H2.CH4O/c1-24(8-11-30(35(4,5)44)46-32-39-16-7-17-40-32)31-27(42)22-26-25-9-10-28-34(2,3)29(47-33(43)41-18-20-45-21-19-41)12-13-38(28)23-37(25,38)15-14-36(26,31)6;3*1-2/h7,16-17,24-31,42,44H,8-15,18-23H2,1-6H3;1-2H3;1-2H;2H,1H3/t24-,25+,26?,27-,28?,29+,30+,31?,36+,37+,38-;;;/m1.../s1. The number of aromatic nitrogens is 2. The second-order valence-corrected chi connectivity index (χ2v) is 17.8. The number of amides is 1. The molecule has 3 unspecified atom stereocenters. The number of hydrogen-bond acceptors (Lipinski definition) is 9. The predicted octanol–water partition coefficient (Wildman–Crippen LogP) is 7.15. The molecule has 2 heterocycles. The molecule has 2 spiro atoms. The first-order valence-corrected chi connectivity index (χ1v) is 20.4. The quantitative estimate of drug-likeness (QED) is 0.238. The zero-order valence-corrected chi connectivity index (χ0v) is 34.2. The second kappa shape index (κ2) is 17.1. The van der Waals surface area contributed by atoms with Crippen LogP contribution in [0.25, 0.3) is 0 Å². The molecule has 0 aromatic carbocycles. The largest absolute Gasteiger partial charge is 0.457 e. The summed E-state index contributed by atoms with van der Waals surface area (Å²) in [6.07, 6.45) is 21.1. The fraction of sp³-hybridized carbons (Fsp3) is 0.837. The van der Waals surface area contributed by atoms with E-state index in [-0.39, 0.29) is 35.0 Å². The lowest BCUT2D eigenvalue weighted by molar-refractivity contribution is -0.139. The molecule has 1 amide bonds. The van der Waals surface area contributed by atoms with Gasteiger partial charge in [0, 0.05) is 38.0 Å². The van der Waals surface area contributed by atoms with Crippen LogP contribution in [-0.4, -0.2) is 93.6 Å². The number of ether oxygens (including phenoxy) is 3. The molecule has 7 rings (SSSR count). The minimum atomic E-state index is -1.04. The molecular formula is C43H71N3O7. The Morgan fingerprint density at radius 2 is 1.64 bits per heavy atom. The van der Waals surface area contributed by atoms with Gasteiger partial charge >= 0.3 is 12.1 Å². The van der Waals surface area contributed by atoms with Gasteiger partial charge in [-0.2, -0.15) is 0 Å². The number of aliphatic hydroxyl groups excluding tert-OH is 2. The summed E-state index contributed by atoms with van der Waals surface area (Å²) in [5.41, 5.74) is -0.244. The van der Waals surface area contributed by atoms with Crippen LogP contribution in [0.3, 0.4) is 0 Å². The van der Waals surface area contributed by atoms with Crippen molar-refractivity contribution in [1.29, 1.82) is 0 Å². The zero-order chi connectivity index (χ0) is 39.4. The topological polar surface area (TPSA) is 134 Å². The minimum absolute atomic E-state index is 0.0415. The number of hydrogen-bond donors (Lipinski definition) is 3. The molecule has 0 radical (unpaired) electrons. The Hall–Kier alpha value is -2.45. The maximum atomic E-state index is 13.1. The molecule has 53 heavy (non-hydrogen) atoms. The van der Waals surface area contributed by atoms with Crippen molar-refractivity contribution in [2.45, 2.75) is 144 Å². The molecular weight excluding hydrogens is 670 g/mol. The number of nitrogens with zero attached hydrogens (tertiary/aromatic N) is 3. The van der Waals surface area contributed by atoms with E-state index in [0.29, 0.717) is 73.2 Å². The summed E-state index contributed by atoms with van der Waals surface area (Å²) >= 11 is 0. The van der Waals surface area contributed by atoms with Gasteiger partial charge in [-0.05, 0) is 130 Å². The molecule has 5 saturated carbocycles. The van der Waals surface area contributed by atoms with E-state index in [2.05, 4.69) is 50.5 Å². The molecule has 10 nitrogen and oxygen atoms in total. The molecule has 6 fully saturated rings. The monoisotopic (exact) mass is 742 g/mol. The van der Waals surface area contributed by atoms with Crippen molar-refractivity contribution in [2.75, 3.05) is 33.4 Å². The summed E-state index contributed by atoms with van der Waals surface area (Å²) in [4.78, 5) is 23.4. The molecule has 3 N–H and O–H groups in total. The molecule has 5 aliphatic carbocycles. The third-order valence-corrected chi connectivity index (χ3v) is 14.9. The van der Waals surface area contributed by atoms with Crippen LogP contribution in [0.4, 0.5) is 4.79 Å². The Labute approximate surface area is 320 Å². The zero-order valence-electron chi connectivity index (χ0n) is 34.2. The van der Waals surface area contributed by atoms with Gasteiger partial charge in [0.15, 0.2) is 0 Å². The van der Waals surface area contributed by atoms with Gasteiger partial charge in [-0.1, -0.05) is 41.5 Å². The number of aliphatic hydroxyl groups is 3. The highest BCUT2D eigenvalue weighted by molar-refractivity contribution is 5.68. The Morgan fingerprint density at radius 3 is 2.26 bits per heavy atom. The lowest BCUT2D eigenvalue weighted by Gasteiger charge is -2.59. The summed E-state index contributed by atoms with van der Waals surface area (Å²) in [7, 11) is 1.00. The van der Waals surface area contributed by atoms with E-state index in [1.807, 2.05) is 18.7 Å². The fourth-order valence-electron chi connectivity index (χ4n) is 12.7. The Kier molecular flexibility index (Phi) is 14.0. The lowest BCUT2D eigenvalue weighted by Crippen LogP contribution is -2.56. The molecule has 1 aliphatic heterocycles. The van der Waals surface area contributed by atoms with Crippen LogP contribution in [-0.2, 0) is 9.47 Å². The first-order chi connectivity index (χ1) is 25.2. The number of rotatable bonds is 8. The average molecular weight is 742 g/mol. The van der Waals surface area contributed by atoms with E-state index in [4.69, 9.17) is 19.3 Å². The summed E-state index contributed by atoms with van der Waals surface area (Å²) < 4.78 is 17.8. The average Bonchev–Trinajstić information content (AvgIpc) is 3.75. The van der Waals surface area contributed by atoms with Crippen LogP contribution in [0.1, 0.15) is 120 Å². The van der Waals surface area contributed by atoms with Crippen molar-refractivity contribution in [3.63, 3.8) is 0 Å². The van der Waals surface area contributed by atoms with Gasteiger partial charge in [-0.15, -0.1) is 12.8 Å². The summed E-state index contributed by atoms with van der Waals surface area (Å²) in [5.74, 6) is 2.31. The fourth-order valence-corrected chi connectivity index (χ4v) is 12.7. The summed E-state index contributed by atoms with van der Waals surface area (Å²) in [6.45, 7) is 19.6. The van der Waals surface area contributed by atoms with E-state index in [0.717, 1.165) is 32.8 Å². The Balaban J connectivity index is 0.000000996. The van der Waals surface area contributed by atoms with E-state index in [9.17, 15) is 15.0 Å². The van der Waals surface area contributed by atoms with E-state index >= 15 is 0 Å². The highest BCUT2D eigenvalue weighted by atomic mass is 16.6. The molecule has 300 valence electrons. The number of carbonyl (C=O) groups excluding carboxylic acids is 1. The van der Waals surface area contributed by atoms with Gasteiger partial charge < -0.3 is 34.4 Å². The third-order valence-electron chi connectivity index (χ3n) is 14.9. The summed E-state index contributed by atoms with van der Waals surface area (Å²) in [6, 6.07) is 2.05. The molecule has 1 aromatic heterocycles. The van der Waals surface area contributed by atoms with Crippen molar-refractivity contribution in [3.05, 3.63) is 18.5 Å². The highest BCUT2D eigenvalue weighted by Gasteiger charge is 2.80. The Morgan fingerprint density at radius 1 is 1.00 bits per heavy atom. The first-order valence-electron chi connectivity index (χ1n) is 20.4. The van der Waals surface area contributed by atoms with Crippen LogP contribution < -0.4 is 4.74 Å². The molecule has 1 aromatic rings. The maximum absolute atomic E-state index is 13.1. The molecule has 0 bridgehead atoms. The number of carbonyl (C=O) groups is 1. The minimum Gasteiger partial charge on any atom is -0.457 e. The van der Waals surface area contributed by atoms with Gasteiger partial charge in [0.25, 0.3) is 0 Å². The van der Waals surface area contributed by atoms with Crippen molar-refractivity contribution in [1.82, 2.24) is 14.9 Å². The lowest BCUT2D eigenvalue weighted by atomic mass is 9.46. The third kappa shape index (κ3) is 7.84. The number of terminal acetylenes is 1. The van der Waals surface area contributed by atoms with Crippen LogP contribution in [0.5, 0.6) is 6.01 Å². The van der Waals surface area contributed by atoms with Crippen LogP contribution in [0.15, 0.2) is 18.5 Å². The number of morpholine rings is 1.